The highest BCUT2D eigenvalue weighted by molar-refractivity contribution is 7.09. The Morgan fingerprint density at radius 2 is 2.24 bits per heavy atom. The Kier molecular flexibility index (Phi) is 3.31. The first-order chi connectivity index (χ1) is 8.20. The minimum absolute atomic E-state index is 0.593. The lowest BCUT2D eigenvalue weighted by Crippen LogP contribution is -2.17. The molecule has 1 aromatic carbocycles. The lowest BCUT2D eigenvalue weighted by atomic mass is 10.2. The van der Waals surface area contributed by atoms with Crippen LogP contribution < -0.4 is 10.6 Å². The van der Waals surface area contributed by atoms with Crippen LogP contribution in [0.1, 0.15) is 10.4 Å². The largest absolute Gasteiger partial charge is 0.397 e. The monoisotopic (exact) mass is 243 g/mol. The first-order valence-corrected chi connectivity index (χ1v) is 6.12. The minimum atomic E-state index is 0.593. The third kappa shape index (κ3) is 2.58. The Morgan fingerprint density at radius 3 is 2.82 bits per heavy atom. The molecule has 0 saturated heterocycles. The molecule has 2 aromatic rings. The molecule has 0 amide bonds. The molecule has 0 fully saturated rings. The Hall–Kier alpha value is -1.99. The van der Waals surface area contributed by atoms with E-state index in [4.69, 9.17) is 11.0 Å². The van der Waals surface area contributed by atoms with Gasteiger partial charge in [0.2, 0.25) is 0 Å². The van der Waals surface area contributed by atoms with Crippen LogP contribution in [0.4, 0.5) is 11.4 Å². The lowest BCUT2D eigenvalue weighted by Gasteiger charge is -2.20. The summed E-state index contributed by atoms with van der Waals surface area (Å²) < 4.78 is 0. The highest BCUT2D eigenvalue weighted by atomic mass is 32.1. The van der Waals surface area contributed by atoms with Crippen LogP contribution in [-0.4, -0.2) is 7.05 Å². The molecule has 0 radical (unpaired) electrons. The molecule has 0 unspecified atom stereocenters. The molecule has 0 bridgehead atoms. The summed E-state index contributed by atoms with van der Waals surface area (Å²) in [5.74, 6) is 0. The van der Waals surface area contributed by atoms with E-state index in [-0.39, 0.29) is 0 Å². The first kappa shape index (κ1) is 11.5. The van der Waals surface area contributed by atoms with Gasteiger partial charge in [-0.2, -0.15) is 5.26 Å². The molecule has 2 N–H and O–H groups in total. The zero-order valence-corrected chi connectivity index (χ0v) is 10.4. The summed E-state index contributed by atoms with van der Waals surface area (Å²) in [6, 6.07) is 11.6. The van der Waals surface area contributed by atoms with E-state index in [0.29, 0.717) is 11.3 Å². The molecule has 0 aliphatic carbocycles. The van der Waals surface area contributed by atoms with Crippen molar-refractivity contribution in [1.29, 1.82) is 5.26 Å². The van der Waals surface area contributed by atoms with Crippen LogP contribution in [0.3, 0.4) is 0 Å². The van der Waals surface area contributed by atoms with Crippen molar-refractivity contribution < 1.29 is 0 Å². The van der Waals surface area contributed by atoms with E-state index in [1.165, 1.54) is 4.88 Å². The molecular formula is C13H13N3S. The highest BCUT2D eigenvalue weighted by Gasteiger charge is 2.07. The normalized spacial score (nSPS) is 9.88. The van der Waals surface area contributed by atoms with E-state index in [1.54, 1.807) is 23.5 Å². The molecule has 0 aliphatic rings. The summed E-state index contributed by atoms with van der Waals surface area (Å²) in [6.07, 6.45) is 0. The van der Waals surface area contributed by atoms with E-state index in [9.17, 15) is 0 Å². The van der Waals surface area contributed by atoms with Crippen molar-refractivity contribution in [2.75, 3.05) is 17.7 Å². The molecule has 0 saturated carbocycles. The van der Waals surface area contributed by atoms with Gasteiger partial charge in [-0.05, 0) is 29.6 Å². The van der Waals surface area contributed by atoms with Gasteiger partial charge in [0.15, 0.2) is 0 Å². The number of nitrogen functional groups attached to an aromatic ring is 1. The van der Waals surface area contributed by atoms with Gasteiger partial charge in [0.1, 0.15) is 0 Å². The van der Waals surface area contributed by atoms with Crippen molar-refractivity contribution in [2.45, 2.75) is 6.54 Å². The van der Waals surface area contributed by atoms with Gasteiger partial charge < -0.3 is 10.6 Å². The minimum Gasteiger partial charge on any atom is -0.397 e. The number of nitrogens with zero attached hydrogens (tertiary/aromatic N) is 2. The maximum Gasteiger partial charge on any atom is 0.0992 e. The summed E-state index contributed by atoms with van der Waals surface area (Å²) in [6.45, 7) is 0.827. The second kappa shape index (κ2) is 4.89. The van der Waals surface area contributed by atoms with Crippen molar-refractivity contribution in [3.63, 3.8) is 0 Å². The smallest absolute Gasteiger partial charge is 0.0992 e. The Bertz CT molecular complexity index is 540. The number of hydrogen-bond donors (Lipinski definition) is 1. The Morgan fingerprint density at radius 1 is 1.41 bits per heavy atom. The molecule has 0 atom stereocenters. The fraction of sp³-hybridized carbons (Fsp3) is 0.154. The quantitative estimate of drug-likeness (QED) is 0.843. The van der Waals surface area contributed by atoms with Gasteiger partial charge >= 0.3 is 0 Å². The third-order valence-electron chi connectivity index (χ3n) is 2.54. The van der Waals surface area contributed by atoms with Gasteiger partial charge in [-0.15, -0.1) is 11.3 Å². The maximum absolute atomic E-state index is 8.78. The molecule has 2 rings (SSSR count). The Labute approximate surface area is 105 Å². The molecule has 1 heterocycles. The van der Waals surface area contributed by atoms with Gasteiger partial charge in [-0.3, -0.25) is 0 Å². The number of hydrogen-bond acceptors (Lipinski definition) is 4. The number of nitrogens with two attached hydrogens (primary N) is 1. The van der Waals surface area contributed by atoms with E-state index in [0.717, 1.165) is 12.2 Å². The molecule has 1 aromatic heterocycles. The third-order valence-corrected chi connectivity index (χ3v) is 3.40. The fourth-order valence-corrected chi connectivity index (χ4v) is 2.45. The standard InChI is InChI=1S/C13H13N3S/c1-16(9-11-3-2-6-17-11)13-5-4-10(8-14)7-12(13)15/h2-7H,9,15H2,1H3. The molecular weight excluding hydrogens is 230 g/mol. The zero-order chi connectivity index (χ0) is 12.3. The van der Waals surface area contributed by atoms with Gasteiger partial charge in [0.05, 0.1) is 29.6 Å². The fourth-order valence-electron chi connectivity index (χ4n) is 1.69. The number of benzene rings is 1. The SMILES string of the molecule is CN(Cc1cccs1)c1ccc(C#N)cc1N. The molecule has 0 aliphatic heterocycles. The predicted octanol–water partition coefficient (Wildman–Crippen LogP) is 2.84. The average molecular weight is 243 g/mol. The van der Waals surface area contributed by atoms with E-state index < -0.39 is 0 Å². The van der Waals surface area contributed by atoms with E-state index in [1.807, 2.05) is 19.2 Å². The van der Waals surface area contributed by atoms with Crippen LogP contribution in [0, 0.1) is 11.3 Å². The second-order valence-electron chi connectivity index (χ2n) is 3.82. The van der Waals surface area contributed by atoms with Crippen LogP contribution in [0.25, 0.3) is 0 Å². The van der Waals surface area contributed by atoms with E-state index >= 15 is 0 Å². The molecule has 17 heavy (non-hydrogen) atoms. The zero-order valence-electron chi connectivity index (χ0n) is 9.55. The van der Waals surface area contributed by atoms with Crippen LogP contribution in [0.5, 0.6) is 0 Å². The highest BCUT2D eigenvalue weighted by Crippen LogP contribution is 2.25. The van der Waals surface area contributed by atoms with Crippen molar-refractivity contribution in [3.8, 4) is 6.07 Å². The molecule has 0 spiro atoms. The summed E-state index contributed by atoms with van der Waals surface area (Å²) in [5, 5.41) is 10.8. The summed E-state index contributed by atoms with van der Waals surface area (Å²) in [4.78, 5) is 3.37. The average Bonchev–Trinajstić information content (AvgIpc) is 2.81. The van der Waals surface area contributed by atoms with Gasteiger partial charge in [-0.1, -0.05) is 6.07 Å². The summed E-state index contributed by atoms with van der Waals surface area (Å²) in [5.41, 5.74) is 8.13. The van der Waals surface area contributed by atoms with Gasteiger partial charge in [-0.25, -0.2) is 0 Å². The number of thiophene rings is 1. The van der Waals surface area contributed by atoms with Gasteiger partial charge in [0, 0.05) is 11.9 Å². The van der Waals surface area contributed by atoms with Gasteiger partial charge in [0.25, 0.3) is 0 Å². The molecule has 4 heteroatoms. The van der Waals surface area contributed by atoms with E-state index in [2.05, 4.69) is 22.4 Å². The Balaban J connectivity index is 2.20. The molecule has 3 nitrogen and oxygen atoms in total. The van der Waals surface area contributed by atoms with Crippen LogP contribution in [0.2, 0.25) is 0 Å². The molecule has 86 valence electrons. The van der Waals surface area contributed by atoms with Crippen LogP contribution >= 0.6 is 11.3 Å². The topological polar surface area (TPSA) is 53.0 Å². The van der Waals surface area contributed by atoms with Crippen molar-refractivity contribution in [2.24, 2.45) is 0 Å². The summed E-state index contributed by atoms with van der Waals surface area (Å²) in [7, 11) is 2.00. The number of anilines is 2. The van der Waals surface area contributed by atoms with Crippen molar-refractivity contribution in [1.82, 2.24) is 0 Å². The first-order valence-electron chi connectivity index (χ1n) is 5.24. The van der Waals surface area contributed by atoms with Crippen LogP contribution in [0.15, 0.2) is 35.7 Å². The lowest BCUT2D eigenvalue weighted by molar-refractivity contribution is 0.942. The number of rotatable bonds is 3. The van der Waals surface area contributed by atoms with Crippen molar-refractivity contribution in [3.05, 3.63) is 46.2 Å². The summed E-state index contributed by atoms with van der Waals surface area (Å²) >= 11 is 1.72. The predicted molar refractivity (Wildman–Crippen MR) is 72.0 cm³/mol. The maximum atomic E-state index is 8.78. The van der Waals surface area contributed by atoms with Crippen molar-refractivity contribution >= 4 is 22.7 Å². The number of nitriles is 1. The van der Waals surface area contributed by atoms with Crippen LogP contribution in [-0.2, 0) is 6.54 Å². The second-order valence-corrected chi connectivity index (χ2v) is 4.85.